The molecule has 2 heterocycles. The normalized spacial score (nSPS) is 10.8. The van der Waals surface area contributed by atoms with E-state index in [-0.39, 0.29) is 16.9 Å². The standard InChI is InChI=1S/C18H16FN3O3/c1-20-17(24)14-16(23)15-13(22(2)18(14)25)8-11(9-21-15)7-10-3-5-12(19)6-4-10/h3-6,8-9,23H,7H2,1-2H3,(H,20,24). The molecule has 2 aromatic heterocycles. The van der Waals surface area contributed by atoms with Crippen molar-refractivity contribution in [3.8, 4) is 5.75 Å². The monoisotopic (exact) mass is 341 g/mol. The lowest BCUT2D eigenvalue weighted by atomic mass is 10.1. The largest absolute Gasteiger partial charge is 0.505 e. The van der Waals surface area contributed by atoms with Crippen LogP contribution in [0.3, 0.4) is 0 Å². The lowest BCUT2D eigenvalue weighted by Crippen LogP contribution is -2.30. The van der Waals surface area contributed by atoms with Crippen molar-refractivity contribution in [1.29, 1.82) is 0 Å². The topological polar surface area (TPSA) is 84.2 Å². The zero-order chi connectivity index (χ0) is 18.1. The third-order valence-corrected chi connectivity index (χ3v) is 4.04. The van der Waals surface area contributed by atoms with Crippen LogP contribution in [0.1, 0.15) is 21.5 Å². The highest BCUT2D eigenvalue weighted by Gasteiger charge is 2.21. The number of fused-ring (bicyclic) bond motifs is 1. The Morgan fingerprint density at radius 1 is 1.28 bits per heavy atom. The van der Waals surface area contributed by atoms with Crippen LogP contribution in [0.5, 0.6) is 5.75 Å². The number of benzene rings is 1. The Labute approximate surface area is 142 Å². The van der Waals surface area contributed by atoms with Gasteiger partial charge in [-0.15, -0.1) is 0 Å². The van der Waals surface area contributed by atoms with E-state index in [1.807, 2.05) is 0 Å². The minimum atomic E-state index is -0.669. The quantitative estimate of drug-likeness (QED) is 0.760. The van der Waals surface area contributed by atoms with Gasteiger partial charge < -0.3 is 15.0 Å². The second-order valence-corrected chi connectivity index (χ2v) is 5.68. The van der Waals surface area contributed by atoms with Crippen molar-refractivity contribution in [1.82, 2.24) is 14.9 Å². The van der Waals surface area contributed by atoms with Crippen molar-refractivity contribution >= 4 is 16.9 Å². The SMILES string of the molecule is CNC(=O)c1c(O)c2ncc(Cc3ccc(F)cc3)cc2n(C)c1=O. The van der Waals surface area contributed by atoms with E-state index in [9.17, 15) is 19.1 Å². The number of hydrogen-bond donors (Lipinski definition) is 2. The molecule has 0 atom stereocenters. The molecule has 3 aromatic rings. The summed E-state index contributed by atoms with van der Waals surface area (Å²) in [4.78, 5) is 28.4. The zero-order valence-corrected chi connectivity index (χ0v) is 13.7. The molecule has 2 N–H and O–H groups in total. The van der Waals surface area contributed by atoms with Gasteiger partial charge in [-0.25, -0.2) is 4.39 Å². The van der Waals surface area contributed by atoms with Gasteiger partial charge in [0.05, 0.1) is 5.52 Å². The van der Waals surface area contributed by atoms with E-state index in [4.69, 9.17) is 0 Å². The van der Waals surface area contributed by atoms with Crippen LogP contribution in [0.15, 0.2) is 41.3 Å². The van der Waals surface area contributed by atoms with E-state index < -0.39 is 17.2 Å². The Morgan fingerprint density at radius 2 is 1.96 bits per heavy atom. The van der Waals surface area contributed by atoms with Crippen LogP contribution < -0.4 is 10.9 Å². The van der Waals surface area contributed by atoms with Gasteiger partial charge in [-0.05, 0) is 35.7 Å². The van der Waals surface area contributed by atoms with Crippen molar-refractivity contribution in [3.63, 3.8) is 0 Å². The fourth-order valence-electron chi connectivity index (χ4n) is 2.69. The predicted molar refractivity (Wildman–Crippen MR) is 91.2 cm³/mol. The Hall–Kier alpha value is -3.22. The number of aryl methyl sites for hydroxylation is 1. The molecule has 0 saturated heterocycles. The molecule has 0 bridgehead atoms. The Morgan fingerprint density at radius 3 is 2.60 bits per heavy atom. The van der Waals surface area contributed by atoms with E-state index in [1.165, 1.54) is 30.8 Å². The number of carbonyl (C=O) groups is 1. The first-order valence-corrected chi connectivity index (χ1v) is 7.59. The second kappa shape index (κ2) is 6.35. The molecule has 128 valence electrons. The molecular formula is C18H16FN3O3. The molecule has 7 heteroatoms. The third kappa shape index (κ3) is 2.96. The molecule has 0 saturated carbocycles. The molecule has 6 nitrogen and oxygen atoms in total. The summed E-state index contributed by atoms with van der Waals surface area (Å²) in [5, 5.41) is 12.6. The zero-order valence-electron chi connectivity index (χ0n) is 13.7. The number of hydrogen-bond acceptors (Lipinski definition) is 4. The van der Waals surface area contributed by atoms with Crippen LogP contribution in [0.25, 0.3) is 11.0 Å². The van der Waals surface area contributed by atoms with Gasteiger partial charge in [0, 0.05) is 20.3 Å². The fraction of sp³-hybridized carbons (Fsp3) is 0.167. The smallest absolute Gasteiger partial charge is 0.267 e. The van der Waals surface area contributed by atoms with Crippen LogP contribution in [-0.2, 0) is 13.5 Å². The number of aromatic hydroxyl groups is 1. The van der Waals surface area contributed by atoms with Crippen LogP contribution in [0.4, 0.5) is 4.39 Å². The number of aromatic nitrogens is 2. The molecule has 0 radical (unpaired) electrons. The highest BCUT2D eigenvalue weighted by molar-refractivity contribution is 6.01. The highest BCUT2D eigenvalue weighted by Crippen LogP contribution is 2.25. The first-order valence-electron chi connectivity index (χ1n) is 7.59. The van der Waals surface area contributed by atoms with E-state index in [1.54, 1.807) is 24.4 Å². The summed E-state index contributed by atoms with van der Waals surface area (Å²) in [5.41, 5.74) is 1.32. The average molecular weight is 341 g/mol. The maximum absolute atomic E-state index is 13.0. The molecule has 0 aliphatic heterocycles. The number of amides is 1. The van der Waals surface area contributed by atoms with E-state index in [2.05, 4.69) is 10.3 Å². The number of pyridine rings is 2. The van der Waals surface area contributed by atoms with E-state index in [0.717, 1.165) is 11.1 Å². The van der Waals surface area contributed by atoms with Gasteiger partial charge in [0.25, 0.3) is 11.5 Å². The second-order valence-electron chi connectivity index (χ2n) is 5.68. The van der Waals surface area contributed by atoms with Crippen LogP contribution in [0, 0.1) is 5.82 Å². The maximum Gasteiger partial charge on any atom is 0.267 e. The Kier molecular flexibility index (Phi) is 4.22. The number of nitrogens with zero attached hydrogens (tertiary/aromatic N) is 2. The minimum absolute atomic E-state index is 0.170. The van der Waals surface area contributed by atoms with Crippen LogP contribution in [-0.4, -0.2) is 27.6 Å². The van der Waals surface area contributed by atoms with Gasteiger partial charge in [0.15, 0.2) is 5.75 Å². The van der Waals surface area contributed by atoms with Gasteiger partial charge in [-0.3, -0.25) is 14.6 Å². The number of nitrogens with one attached hydrogen (secondary N) is 1. The molecule has 0 unspecified atom stereocenters. The van der Waals surface area contributed by atoms with Gasteiger partial charge in [-0.2, -0.15) is 0 Å². The molecular weight excluding hydrogens is 325 g/mol. The molecule has 0 aliphatic rings. The van der Waals surface area contributed by atoms with Crippen molar-refractivity contribution in [2.45, 2.75) is 6.42 Å². The minimum Gasteiger partial charge on any atom is -0.505 e. The van der Waals surface area contributed by atoms with Gasteiger partial charge in [0.1, 0.15) is 16.9 Å². The van der Waals surface area contributed by atoms with Crippen molar-refractivity contribution in [3.05, 3.63) is 69.4 Å². The molecule has 25 heavy (non-hydrogen) atoms. The van der Waals surface area contributed by atoms with Gasteiger partial charge in [0.2, 0.25) is 0 Å². The lowest BCUT2D eigenvalue weighted by molar-refractivity contribution is 0.0958. The van der Waals surface area contributed by atoms with E-state index >= 15 is 0 Å². The summed E-state index contributed by atoms with van der Waals surface area (Å²) in [6.45, 7) is 0. The first-order chi connectivity index (χ1) is 11.9. The molecule has 1 aromatic carbocycles. The summed E-state index contributed by atoms with van der Waals surface area (Å²) in [7, 11) is 2.89. The van der Waals surface area contributed by atoms with Crippen LogP contribution in [0.2, 0.25) is 0 Å². The predicted octanol–water partition coefficient (Wildman–Crippen LogP) is 1.73. The van der Waals surface area contributed by atoms with Crippen molar-refractivity contribution < 1.29 is 14.3 Å². The summed E-state index contributed by atoms with van der Waals surface area (Å²) in [5.74, 6) is -1.42. The fourth-order valence-corrected chi connectivity index (χ4v) is 2.69. The molecule has 0 spiro atoms. The van der Waals surface area contributed by atoms with E-state index in [0.29, 0.717) is 11.9 Å². The summed E-state index contributed by atoms with van der Waals surface area (Å²) >= 11 is 0. The van der Waals surface area contributed by atoms with Gasteiger partial charge in [-0.1, -0.05) is 12.1 Å². The molecule has 0 fully saturated rings. The van der Waals surface area contributed by atoms with Crippen molar-refractivity contribution in [2.24, 2.45) is 7.05 Å². The van der Waals surface area contributed by atoms with Gasteiger partial charge >= 0.3 is 0 Å². The molecule has 1 amide bonds. The number of rotatable bonds is 3. The summed E-state index contributed by atoms with van der Waals surface area (Å²) in [6.07, 6.45) is 2.05. The first kappa shape index (κ1) is 16.6. The summed E-state index contributed by atoms with van der Waals surface area (Å²) < 4.78 is 14.3. The summed E-state index contributed by atoms with van der Waals surface area (Å²) in [6, 6.07) is 7.82. The van der Waals surface area contributed by atoms with Crippen LogP contribution >= 0.6 is 0 Å². The van der Waals surface area contributed by atoms with Crippen molar-refractivity contribution in [2.75, 3.05) is 7.05 Å². The average Bonchev–Trinajstić information content (AvgIpc) is 2.61. The Bertz CT molecular complexity index is 1030. The highest BCUT2D eigenvalue weighted by atomic mass is 19.1. The third-order valence-electron chi connectivity index (χ3n) is 4.04. The lowest BCUT2D eigenvalue weighted by Gasteiger charge is -2.11. The maximum atomic E-state index is 13.0. The number of carbonyl (C=O) groups excluding carboxylic acids is 1. The Balaban J connectivity index is 2.12. The molecule has 0 aliphatic carbocycles. The number of halogens is 1. The molecule has 3 rings (SSSR count).